The van der Waals surface area contributed by atoms with Gasteiger partial charge in [-0.15, -0.1) is 0 Å². The largest absolute Gasteiger partial charge is 0.493 e. The van der Waals surface area contributed by atoms with Crippen LogP contribution < -0.4 is 19.5 Å². The Bertz CT molecular complexity index is 1650. The first kappa shape index (κ1) is 29.5. The topological polar surface area (TPSA) is 197 Å². The average molecular weight is 618 g/mol. The molecule has 1 aliphatic rings. The Morgan fingerprint density at radius 2 is 1.74 bits per heavy atom. The number of aromatic nitrogens is 1. The van der Waals surface area contributed by atoms with Gasteiger partial charge >= 0.3 is 5.97 Å². The van der Waals surface area contributed by atoms with Crippen LogP contribution in [0.5, 0.6) is 11.5 Å². The Balaban J connectivity index is 1.29. The molecule has 5 rings (SSSR count). The third-order valence-electron chi connectivity index (χ3n) is 6.49. The Hall–Kier alpha value is -3.99. The van der Waals surface area contributed by atoms with Crippen LogP contribution in [0.4, 0.5) is 10.8 Å². The van der Waals surface area contributed by atoms with Crippen LogP contribution in [0.1, 0.15) is 5.56 Å². The number of ether oxygens (including phenoxy) is 3. The van der Waals surface area contributed by atoms with Crippen molar-refractivity contribution in [2.75, 3.05) is 17.1 Å². The molecule has 3 aromatic carbocycles. The van der Waals surface area contributed by atoms with Gasteiger partial charge in [0.15, 0.2) is 22.7 Å². The number of rotatable bonds is 10. The van der Waals surface area contributed by atoms with Crippen molar-refractivity contribution in [2.24, 2.45) is 0 Å². The minimum Gasteiger partial charge on any atom is -0.493 e. The lowest BCUT2D eigenvalue weighted by Gasteiger charge is -2.38. The first-order chi connectivity index (χ1) is 20.1. The highest BCUT2D eigenvalue weighted by Gasteiger charge is 2.48. The Morgan fingerprint density at radius 3 is 2.43 bits per heavy atom. The van der Waals surface area contributed by atoms with Crippen LogP contribution in [0.15, 0.2) is 71.6 Å². The maximum atomic E-state index is 12.9. The standard InChI is InChI=1S/C27H27N3O10S2/c1-38-18-7-4-5-14(23(18)39-26-22(33)20(31)21(32)24(40-26)25(34)35)13-28-15-9-11-16(12-10-15)42(36,37)30-27-29-17-6-2-3-8-19(17)41-27/h2-12,20-22,24,26,28,31-33H,13H2,1H3,(H,29,30)(H,34,35)/t20-,21-,22+,24-,26+/m0/s1. The zero-order chi connectivity index (χ0) is 30.0. The van der Waals surface area contributed by atoms with E-state index in [1.165, 1.54) is 30.6 Å². The number of benzene rings is 3. The van der Waals surface area contributed by atoms with Crippen LogP contribution in [0.2, 0.25) is 0 Å². The second kappa shape index (κ2) is 12.1. The Kier molecular flexibility index (Phi) is 8.49. The van der Waals surface area contributed by atoms with Crippen molar-refractivity contribution in [1.29, 1.82) is 0 Å². The molecule has 0 spiro atoms. The molecule has 222 valence electrons. The van der Waals surface area contributed by atoms with Gasteiger partial charge < -0.3 is 40.0 Å². The summed E-state index contributed by atoms with van der Waals surface area (Å²) in [6.07, 6.45) is -8.91. The van der Waals surface area contributed by atoms with Crippen LogP contribution in [0.3, 0.4) is 0 Å². The van der Waals surface area contributed by atoms with Crippen molar-refractivity contribution in [3.8, 4) is 11.5 Å². The van der Waals surface area contributed by atoms with Gasteiger partial charge in [0.1, 0.15) is 18.3 Å². The molecule has 15 heteroatoms. The zero-order valence-electron chi connectivity index (χ0n) is 21.9. The molecule has 6 N–H and O–H groups in total. The molecule has 0 amide bonds. The van der Waals surface area contributed by atoms with E-state index in [0.29, 0.717) is 16.8 Å². The third kappa shape index (κ3) is 6.11. The van der Waals surface area contributed by atoms with Gasteiger partial charge in [0.05, 0.1) is 22.2 Å². The van der Waals surface area contributed by atoms with Gasteiger partial charge in [-0.25, -0.2) is 18.2 Å². The first-order valence-corrected chi connectivity index (χ1v) is 14.8. The monoisotopic (exact) mass is 617 g/mol. The van der Waals surface area contributed by atoms with E-state index in [-0.39, 0.29) is 28.1 Å². The molecule has 4 aromatic rings. The normalized spacial score (nSPS) is 22.4. The van der Waals surface area contributed by atoms with E-state index in [0.717, 1.165) is 4.70 Å². The number of sulfonamides is 1. The van der Waals surface area contributed by atoms with Gasteiger partial charge in [-0.3, -0.25) is 4.72 Å². The van der Waals surface area contributed by atoms with Crippen molar-refractivity contribution < 1.29 is 47.8 Å². The highest BCUT2D eigenvalue weighted by atomic mass is 32.2. The number of carboxylic acids is 1. The van der Waals surface area contributed by atoms with E-state index in [1.807, 2.05) is 18.2 Å². The number of aliphatic hydroxyl groups excluding tert-OH is 3. The predicted octanol–water partition coefficient (Wildman–Crippen LogP) is 1.99. The highest BCUT2D eigenvalue weighted by molar-refractivity contribution is 7.93. The number of para-hydroxylation sites is 2. The van der Waals surface area contributed by atoms with E-state index in [4.69, 9.17) is 14.2 Å². The number of carbonyl (C=O) groups is 1. The summed E-state index contributed by atoms with van der Waals surface area (Å²) in [6, 6.07) is 18.3. The molecule has 1 aliphatic heterocycles. The number of hydrogen-bond acceptors (Lipinski definition) is 12. The molecule has 0 unspecified atom stereocenters. The number of nitrogens with zero attached hydrogens (tertiary/aromatic N) is 1. The van der Waals surface area contributed by atoms with Gasteiger partial charge in [-0.1, -0.05) is 35.6 Å². The number of nitrogens with one attached hydrogen (secondary N) is 2. The number of methoxy groups -OCH3 is 1. The maximum Gasteiger partial charge on any atom is 0.335 e. The minimum absolute atomic E-state index is 0.0369. The van der Waals surface area contributed by atoms with Crippen LogP contribution in [-0.2, 0) is 26.1 Å². The molecular formula is C27H27N3O10S2. The summed E-state index contributed by atoms with van der Waals surface area (Å²) in [4.78, 5) is 15.8. The predicted molar refractivity (Wildman–Crippen MR) is 152 cm³/mol. The van der Waals surface area contributed by atoms with E-state index in [9.17, 15) is 33.6 Å². The molecule has 42 heavy (non-hydrogen) atoms. The Labute approximate surface area is 244 Å². The van der Waals surface area contributed by atoms with E-state index in [1.54, 1.807) is 36.4 Å². The smallest absolute Gasteiger partial charge is 0.335 e. The number of hydrogen-bond donors (Lipinski definition) is 6. The average Bonchev–Trinajstić information content (AvgIpc) is 3.38. The number of fused-ring (bicyclic) bond motifs is 1. The lowest BCUT2D eigenvalue weighted by Crippen LogP contribution is -2.61. The van der Waals surface area contributed by atoms with Crippen LogP contribution in [0, 0.1) is 0 Å². The zero-order valence-corrected chi connectivity index (χ0v) is 23.6. The van der Waals surface area contributed by atoms with E-state index < -0.39 is 46.7 Å². The lowest BCUT2D eigenvalue weighted by molar-refractivity contribution is -0.271. The highest BCUT2D eigenvalue weighted by Crippen LogP contribution is 2.35. The molecule has 2 heterocycles. The number of thiazole rings is 1. The second-order valence-corrected chi connectivity index (χ2v) is 12.0. The quantitative estimate of drug-likeness (QED) is 0.152. The minimum atomic E-state index is -3.89. The fourth-order valence-corrected chi connectivity index (χ4v) is 6.40. The lowest BCUT2D eigenvalue weighted by atomic mass is 9.99. The fraction of sp³-hybridized carbons (Fsp3) is 0.259. The van der Waals surface area contributed by atoms with Crippen molar-refractivity contribution >= 4 is 48.4 Å². The Morgan fingerprint density at radius 1 is 1.00 bits per heavy atom. The van der Waals surface area contributed by atoms with Crippen LogP contribution in [0.25, 0.3) is 10.2 Å². The molecular weight excluding hydrogens is 590 g/mol. The SMILES string of the molecule is COc1cccc(CNc2ccc(S(=O)(=O)Nc3nc4ccccc4s3)cc2)c1O[C@@H]1O[C@H](C(=O)O)[C@@H](O)[C@H](O)[C@H]1O. The van der Waals surface area contributed by atoms with Gasteiger partial charge in [-0.05, 0) is 42.5 Å². The molecule has 13 nitrogen and oxygen atoms in total. The van der Waals surface area contributed by atoms with Crippen LogP contribution >= 0.6 is 11.3 Å². The molecule has 1 fully saturated rings. The third-order valence-corrected chi connectivity index (χ3v) is 8.93. The number of carboxylic acid groups (broad SMARTS) is 1. The summed E-state index contributed by atoms with van der Waals surface area (Å²) in [5.41, 5.74) is 1.77. The van der Waals surface area contributed by atoms with Gasteiger partial charge in [0.25, 0.3) is 10.0 Å². The number of aliphatic carboxylic acids is 1. The summed E-state index contributed by atoms with van der Waals surface area (Å²) in [5, 5.41) is 43.2. The summed E-state index contributed by atoms with van der Waals surface area (Å²) in [7, 11) is -2.50. The molecule has 0 saturated carbocycles. The van der Waals surface area contributed by atoms with Gasteiger partial charge in [-0.2, -0.15) is 0 Å². The van der Waals surface area contributed by atoms with Crippen LogP contribution in [-0.4, -0.2) is 77.6 Å². The van der Waals surface area contributed by atoms with Gasteiger partial charge in [0, 0.05) is 17.8 Å². The second-order valence-electron chi connectivity index (χ2n) is 9.27. The molecule has 1 saturated heterocycles. The van der Waals surface area contributed by atoms with Crippen molar-refractivity contribution in [2.45, 2.75) is 42.1 Å². The number of aliphatic hydroxyl groups is 3. The molecule has 0 bridgehead atoms. The van der Waals surface area contributed by atoms with Crippen molar-refractivity contribution in [3.05, 3.63) is 72.3 Å². The molecule has 5 atom stereocenters. The van der Waals surface area contributed by atoms with Crippen molar-refractivity contribution in [1.82, 2.24) is 4.98 Å². The fourth-order valence-electron chi connectivity index (χ4n) is 4.30. The van der Waals surface area contributed by atoms with Crippen molar-refractivity contribution in [3.63, 3.8) is 0 Å². The van der Waals surface area contributed by atoms with Gasteiger partial charge in [0.2, 0.25) is 6.29 Å². The van der Waals surface area contributed by atoms with E-state index in [2.05, 4.69) is 15.0 Å². The molecule has 0 radical (unpaired) electrons. The summed E-state index contributed by atoms with van der Waals surface area (Å²) in [5.74, 6) is -1.20. The first-order valence-electron chi connectivity index (χ1n) is 12.5. The molecule has 1 aromatic heterocycles. The van der Waals surface area contributed by atoms with E-state index >= 15 is 0 Å². The summed E-state index contributed by atoms with van der Waals surface area (Å²) >= 11 is 1.23. The summed E-state index contributed by atoms with van der Waals surface area (Å²) in [6.45, 7) is 0.138. The molecule has 0 aliphatic carbocycles. The maximum absolute atomic E-state index is 12.9. The number of anilines is 2. The summed E-state index contributed by atoms with van der Waals surface area (Å²) < 4.78 is 45.6.